The maximum Gasteiger partial charge on any atom is 0.393 e. The second-order valence-electron chi connectivity index (χ2n) is 11.9. The number of aryl methyl sites for hydroxylation is 1. The molecule has 0 saturated heterocycles. The molecule has 0 aliphatic heterocycles. The zero-order valence-electron chi connectivity index (χ0n) is 27.4. The summed E-state index contributed by atoms with van der Waals surface area (Å²) in [4.78, 5) is 11.6. The van der Waals surface area contributed by atoms with E-state index < -0.39 is 57.6 Å². The molecule has 8 nitrogen and oxygen atoms in total. The lowest BCUT2D eigenvalue weighted by molar-refractivity contribution is -0.139. The van der Waals surface area contributed by atoms with E-state index in [9.17, 15) is 26.4 Å². The number of halogens is 5. The quantitative estimate of drug-likeness (QED) is 0.104. The van der Waals surface area contributed by atoms with Gasteiger partial charge in [0.05, 0.1) is 42.1 Å². The Kier molecular flexibility index (Phi) is 9.47. The SMILES string of the molecule is COC(=O)Cc1cccc(C(C)n2ccc(-c3cccc(Oc4c(F)cc5c(ccn5S(=O)(=O)c5ccc(C)cc5)c4CC(F)(F)F)c3)n2)c1F. The van der Waals surface area contributed by atoms with E-state index >= 15 is 8.78 Å². The van der Waals surface area contributed by atoms with E-state index in [2.05, 4.69) is 9.84 Å². The van der Waals surface area contributed by atoms with Gasteiger partial charge in [-0.25, -0.2) is 21.2 Å². The van der Waals surface area contributed by atoms with Crippen molar-refractivity contribution in [2.24, 2.45) is 0 Å². The van der Waals surface area contributed by atoms with Crippen molar-refractivity contribution in [3.63, 3.8) is 0 Å². The van der Waals surface area contributed by atoms with Crippen LogP contribution >= 0.6 is 0 Å². The van der Waals surface area contributed by atoms with E-state index in [4.69, 9.17) is 4.74 Å². The smallest absolute Gasteiger partial charge is 0.393 e. The first kappa shape index (κ1) is 35.3. The molecule has 0 amide bonds. The van der Waals surface area contributed by atoms with E-state index in [1.54, 1.807) is 62.5 Å². The summed E-state index contributed by atoms with van der Waals surface area (Å²) < 4.78 is 112. The molecule has 0 aliphatic carbocycles. The summed E-state index contributed by atoms with van der Waals surface area (Å²) >= 11 is 0. The lowest BCUT2D eigenvalue weighted by atomic mass is 10.0. The lowest BCUT2D eigenvalue weighted by Gasteiger charge is -2.17. The second kappa shape index (κ2) is 13.7. The zero-order chi connectivity index (χ0) is 36.7. The lowest BCUT2D eigenvalue weighted by Crippen LogP contribution is -2.14. The number of fused-ring (bicyclic) bond motifs is 1. The Balaban J connectivity index is 1.33. The molecule has 2 aromatic heterocycles. The van der Waals surface area contributed by atoms with Crippen LogP contribution in [-0.4, -0.2) is 41.4 Å². The van der Waals surface area contributed by atoms with Crippen LogP contribution in [0, 0.1) is 18.6 Å². The highest BCUT2D eigenvalue weighted by molar-refractivity contribution is 7.90. The number of carbonyl (C=O) groups excluding carboxylic acids is 1. The molecule has 51 heavy (non-hydrogen) atoms. The maximum atomic E-state index is 15.8. The molecule has 264 valence electrons. The van der Waals surface area contributed by atoms with Gasteiger partial charge in [-0.3, -0.25) is 9.48 Å². The van der Waals surface area contributed by atoms with Crippen molar-refractivity contribution < 1.29 is 44.6 Å². The van der Waals surface area contributed by atoms with Gasteiger partial charge in [0.25, 0.3) is 10.0 Å². The van der Waals surface area contributed by atoms with Crippen molar-refractivity contribution in [3.8, 4) is 22.8 Å². The highest BCUT2D eigenvalue weighted by Crippen LogP contribution is 2.40. The highest BCUT2D eigenvalue weighted by Gasteiger charge is 2.33. The summed E-state index contributed by atoms with van der Waals surface area (Å²) in [6.07, 6.45) is -3.92. The van der Waals surface area contributed by atoms with E-state index in [0.717, 1.165) is 21.8 Å². The molecule has 4 aromatic carbocycles. The molecular weight excluding hydrogens is 693 g/mol. The topological polar surface area (TPSA) is 92.4 Å². The Morgan fingerprint density at radius 1 is 0.941 bits per heavy atom. The zero-order valence-corrected chi connectivity index (χ0v) is 28.2. The van der Waals surface area contributed by atoms with E-state index in [0.29, 0.717) is 11.3 Å². The molecule has 0 N–H and O–H groups in total. The van der Waals surface area contributed by atoms with Crippen molar-refractivity contribution in [3.05, 3.63) is 131 Å². The van der Waals surface area contributed by atoms with Crippen LogP contribution in [0.15, 0.2) is 102 Å². The fourth-order valence-electron chi connectivity index (χ4n) is 5.77. The van der Waals surface area contributed by atoms with E-state index in [1.807, 2.05) is 0 Å². The van der Waals surface area contributed by atoms with Crippen molar-refractivity contribution in [2.45, 2.75) is 43.8 Å². The van der Waals surface area contributed by atoms with Crippen LogP contribution < -0.4 is 4.74 Å². The van der Waals surface area contributed by atoms with Crippen LogP contribution in [0.4, 0.5) is 22.0 Å². The average Bonchev–Trinajstić information content (AvgIpc) is 3.75. The number of methoxy groups -OCH3 is 1. The number of carbonyl (C=O) groups is 1. The van der Waals surface area contributed by atoms with Gasteiger partial charge in [0.15, 0.2) is 11.6 Å². The Bertz CT molecular complexity index is 2370. The third kappa shape index (κ3) is 7.22. The van der Waals surface area contributed by atoms with Crippen LogP contribution in [-0.2, 0) is 32.4 Å². The van der Waals surface area contributed by atoms with Crippen LogP contribution in [0.1, 0.15) is 35.2 Å². The predicted octanol–water partition coefficient (Wildman–Crippen LogP) is 8.55. The normalized spacial score (nSPS) is 12.6. The number of benzene rings is 4. The number of esters is 1. The summed E-state index contributed by atoms with van der Waals surface area (Å²) in [5, 5.41) is 4.41. The maximum absolute atomic E-state index is 15.8. The molecule has 0 bridgehead atoms. The van der Waals surface area contributed by atoms with Gasteiger partial charge in [-0.05, 0) is 55.8 Å². The Morgan fingerprint density at radius 2 is 1.67 bits per heavy atom. The Labute approximate surface area is 289 Å². The molecule has 1 atom stereocenters. The van der Waals surface area contributed by atoms with Crippen LogP contribution in [0.5, 0.6) is 11.5 Å². The van der Waals surface area contributed by atoms with Gasteiger partial charge in [-0.15, -0.1) is 0 Å². The largest absolute Gasteiger partial charge is 0.469 e. The second-order valence-corrected chi connectivity index (χ2v) is 13.7. The first-order chi connectivity index (χ1) is 24.2. The number of rotatable bonds is 10. The van der Waals surface area contributed by atoms with E-state index in [1.165, 1.54) is 48.2 Å². The fraction of sp³-hybridized carbons (Fsp3) is 0.189. The minimum absolute atomic E-state index is 0.00922. The van der Waals surface area contributed by atoms with Gasteiger partial charge in [0.1, 0.15) is 11.6 Å². The van der Waals surface area contributed by atoms with Crippen LogP contribution in [0.25, 0.3) is 22.2 Å². The van der Waals surface area contributed by atoms with Gasteiger partial charge in [-0.1, -0.05) is 48.0 Å². The molecule has 0 aliphatic rings. The molecule has 1 unspecified atom stereocenters. The summed E-state index contributed by atoms with van der Waals surface area (Å²) in [7, 11) is -3.06. The first-order valence-electron chi connectivity index (χ1n) is 15.5. The van der Waals surface area contributed by atoms with E-state index in [-0.39, 0.29) is 39.1 Å². The van der Waals surface area contributed by atoms with Gasteiger partial charge >= 0.3 is 12.1 Å². The Morgan fingerprint density at radius 3 is 2.37 bits per heavy atom. The molecule has 0 fully saturated rings. The number of hydrogen-bond donors (Lipinski definition) is 0. The monoisotopic (exact) mass is 723 g/mol. The fourth-order valence-corrected chi connectivity index (χ4v) is 7.11. The van der Waals surface area contributed by atoms with Gasteiger partial charge < -0.3 is 9.47 Å². The average molecular weight is 724 g/mol. The minimum atomic E-state index is -4.79. The molecule has 0 spiro atoms. The van der Waals surface area contributed by atoms with Crippen molar-refractivity contribution in [1.82, 2.24) is 13.8 Å². The number of alkyl halides is 3. The molecular formula is C37H30F5N3O5S. The number of hydrogen-bond acceptors (Lipinski definition) is 6. The third-order valence-electron chi connectivity index (χ3n) is 8.40. The molecule has 6 rings (SSSR count). The summed E-state index contributed by atoms with van der Waals surface area (Å²) in [6, 6.07) is 19.7. The summed E-state index contributed by atoms with van der Waals surface area (Å²) in [5.41, 5.74) is 1.27. The minimum Gasteiger partial charge on any atom is -0.469 e. The summed E-state index contributed by atoms with van der Waals surface area (Å²) in [5.74, 6) is -3.06. The van der Waals surface area contributed by atoms with Crippen molar-refractivity contribution in [2.75, 3.05) is 7.11 Å². The summed E-state index contributed by atoms with van der Waals surface area (Å²) in [6.45, 7) is 3.49. The molecule has 14 heteroatoms. The van der Waals surface area contributed by atoms with Gasteiger partial charge in [0.2, 0.25) is 0 Å². The third-order valence-corrected chi connectivity index (χ3v) is 10.1. The first-order valence-corrected chi connectivity index (χ1v) is 17.0. The highest BCUT2D eigenvalue weighted by atomic mass is 32.2. The van der Waals surface area contributed by atoms with Crippen molar-refractivity contribution >= 4 is 26.9 Å². The molecule has 0 saturated carbocycles. The van der Waals surface area contributed by atoms with Gasteiger partial charge in [-0.2, -0.15) is 18.3 Å². The van der Waals surface area contributed by atoms with Crippen LogP contribution in [0.3, 0.4) is 0 Å². The number of ether oxygens (including phenoxy) is 2. The molecule has 0 radical (unpaired) electrons. The number of aromatic nitrogens is 3. The predicted molar refractivity (Wildman–Crippen MR) is 179 cm³/mol. The standard InChI is InChI=1S/C37H30F5N3O5S/c1-22-10-12-27(13-11-22)51(47,48)45-17-14-29-30(21-37(40,41)42)36(31(38)20-33(29)45)50-26-8-4-6-24(18-26)32-15-16-44(43-32)23(2)28-9-5-7-25(35(28)39)19-34(46)49-3/h4-18,20,23H,19,21H2,1-3H3. The number of nitrogens with zero attached hydrogens (tertiary/aromatic N) is 3. The molecule has 2 heterocycles. The van der Waals surface area contributed by atoms with Gasteiger partial charge in [0, 0.05) is 40.5 Å². The van der Waals surface area contributed by atoms with Crippen molar-refractivity contribution in [1.29, 1.82) is 0 Å². The Hall–Kier alpha value is -5.50. The van der Waals surface area contributed by atoms with Crippen LogP contribution in [0.2, 0.25) is 0 Å². The molecule has 6 aromatic rings.